The number of amides is 1. The highest BCUT2D eigenvalue weighted by Crippen LogP contribution is 2.25. The number of carbonyl (C=O) groups excluding carboxylic acids is 1. The Bertz CT molecular complexity index is 479. The minimum Gasteiger partial charge on any atom is -0.381 e. The molecular weight excluding hydrogens is 297 g/mol. The van der Waals surface area contributed by atoms with E-state index in [1.165, 1.54) is 0 Å². The molecule has 1 aliphatic rings. The van der Waals surface area contributed by atoms with Crippen LogP contribution >= 0.6 is 23.2 Å². The fourth-order valence-corrected chi connectivity index (χ4v) is 2.99. The van der Waals surface area contributed by atoms with Crippen LogP contribution in [0.25, 0.3) is 0 Å². The summed E-state index contributed by atoms with van der Waals surface area (Å²) in [5, 5.41) is 0.953. The Balaban J connectivity index is 2.04. The van der Waals surface area contributed by atoms with Crippen molar-refractivity contribution >= 4 is 29.1 Å². The minimum absolute atomic E-state index is 0.0205. The SMILES string of the molecule is CCOCC1CCCN(C(=O)c2ccc(Cl)cc2Cl)C1. The van der Waals surface area contributed by atoms with E-state index in [9.17, 15) is 4.79 Å². The van der Waals surface area contributed by atoms with Gasteiger partial charge in [-0.1, -0.05) is 23.2 Å². The van der Waals surface area contributed by atoms with Crippen LogP contribution in [-0.4, -0.2) is 37.1 Å². The van der Waals surface area contributed by atoms with Gasteiger partial charge in [0.2, 0.25) is 0 Å². The molecule has 0 aromatic heterocycles. The lowest BCUT2D eigenvalue weighted by Gasteiger charge is -2.32. The van der Waals surface area contributed by atoms with Crippen LogP contribution in [0, 0.1) is 5.92 Å². The van der Waals surface area contributed by atoms with Gasteiger partial charge in [-0.15, -0.1) is 0 Å². The number of nitrogens with zero attached hydrogens (tertiary/aromatic N) is 1. The summed E-state index contributed by atoms with van der Waals surface area (Å²) in [6.45, 7) is 4.93. The van der Waals surface area contributed by atoms with E-state index >= 15 is 0 Å². The molecular formula is C15H19Cl2NO2. The van der Waals surface area contributed by atoms with Gasteiger partial charge in [0.25, 0.3) is 5.91 Å². The van der Waals surface area contributed by atoms with Crippen molar-refractivity contribution < 1.29 is 9.53 Å². The fourth-order valence-electron chi connectivity index (χ4n) is 2.50. The van der Waals surface area contributed by atoms with Gasteiger partial charge in [-0.25, -0.2) is 0 Å². The van der Waals surface area contributed by atoms with Crippen molar-refractivity contribution in [3.8, 4) is 0 Å². The Morgan fingerprint density at radius 1 is 1.45 bits per heavy atom. The molecule has 1 fully saturated rings. The first-order valence-electron chi connectivity index (χ1n) is 6.94. The lowest BCUT2D eigenvalue weighted by Crippen LogP contribution is -2.41. The summed E-state index contributed by atoms with van der Waals surface area (Å²) >= 11 is 12.0. The number of likely N-dealkylation sites (tertiary alicyclic amines) is 1. The molecule has 1 atom stereocenters. The third-order valence-corrected chi connectivity index (χ3v) is 4.07. The molecule has 1 unspecified atom stereocenters. The van der Waals surface area contributed by atoms with E-state index in [0.29, 0.717) is 34.7 Å². The standard InChI is InChI=1S/C15H19Cl2NO2/c1-2-20-10-11-4-3-7-18(9-11)15(19)13-6-5-12(16)8-14(13)17/h5-6,8,11H,2-4,7,9-10H2,1H3. The third-order valence-electron chi connectivity index (χ3n) is 3.53. The lowest BCUT2D eigenvalue weighted by atomic mass is 9.98. The second kappa shape index (κ2) is 7.30. The zero-order chi connectivity index (χ0) is 14.5. The number of piperidine rings is 1. The van der Waals surface area contributed by atoms with E-state index < -0.39 is 0 Å². The maximum atomic E-state index is 12.5. The van der Waals surface area contributed by atoms with Gasteiger partial charge < -0.3 is 9.64 Å². The van der Waals surface area contributed by atoms with E-state index in [2.05, 4.69) is 0 Å². The molecule has 0 aliphatic carbocycles. The number of hydrogen-bond acceptors (Lipinski definition) is 2. The molecule has 0 saturated carbocycles. The average Bonchev–Trinajstić information content (AvgIpc) is 2.45. The Labute approximate surface area is 129 Å². The maximum absolute atomic E-state index is 12.5. The second-order valence-corrected chi connectivity index (χ2v) is 5.89. The number of halogens is 2. The molecule has 0 bridgehead atoms. The van der Waals surface area contributed by atoms with Crippen LogP contribution in [0.1, 0.15) is 30.1 Å². The molecule has 1 aromatic rings. The summed E-state index contributed by atoms with van der Waals surface area (Å²) in [7, 11) is 0. The van der Waals surface area contributed by atoms with Crippen LogP contribution in [0.2, 0.25) is 10.0 Å². The summed E-state index contributed by atoms with van der Waals surface area (Å²) in [6.07, 6.45) is 2.12. The molecule has 20 heavy (non-hydrogen) atoms. The average molecular weight is 316 g/mol. The van der Waals surface area contributed by atoms with Gasteiger partial charge in [0.15, 0.2) is 0 Å². The zero-order valence-electron chi connectivity index (χ0n) is 11.6. The highest BCUT2D eigenvalue weighted by Gasteiger charge is 2.25. The molecule has 1 saturated heterocycles. The summed E-state index contributed by atoms with van der Waals surface area (Å²) in [5.74, 6) is 0.395. The van der Waals surface area contributed by atoms with E-state index in [1.54, 1.807) is 18.2 Å². The molecule has 5 heteroatoms. The van der Waals surface area contributed by atoms with Gasteiger partial charge in [-0.3, -0.25) is 4.79 Å². The zero-order valence-corrected chi connectivity index (χ0v) is 13.1. The van der Waals surface area contributed by atoms with Crippen LogP contribution in [0.4, 0.5) is 0 Å². The van der Waals surface area contributed by atoms with Crippen LogP contribution in [0.5, 0.6) is 0 Å². The van der Waals surface area contributed by atoms with Crippen LogP contribution in [0.3, 0.4) is 0 Å². The van der Waals surface area contributed by atoms with Crippen LogP contribution in [-0.2, 0) is 4.74 Å². The molecule has 110 valence electrons. The first-order chi connectivity index (χ1) is 9.61. The molecule has 3 nitrogen and oxygen atoms in total. The van der Waals surface area contributed by atoms with E-state index in [1.807, 2.05) is 11.8 Å². The Hall–Kier alpha value is -0.770. The van der Waals surface area contributed by atoms with Gasteiger partial charge in [-0.05, 0) is 43.9 Å². The monoisotopic (exact) mass is 315 g/mol. The number of carbonyl (C=O) groups is 1. The number of rotatable bonds is 4. The van der Waals surface area contributed by atoms with Crippen molar-refractivity contribution in [2.75, 3.05) is 26.3 Å². The Morgan fingerprint density at radius 2 is 2.25 bits per heavy atom. The van der Waals surface area contributed by atoms with Crippen molar-refractivity contribution in [3.05, 3.63) is 33.8 Å². The summed E-state index contributed by atoms with van der Waals surface area (Å²) in [6, 6.07) is 5.00. The van der Waals surface area contributed by atoms with Crippen molar-refractivity contribution in [3.63, 3.8) is 0 Å². The number of hydrogen-bond donors (Lipinski definition) is 0. The molecule has 1 aliphatic heterocycles. The first kappa shape index (κ1) is 15.6. The summed E-state index contributed by atoms with van der Waals surface area (Å²) in [4.78, 5) is 14.4. The van der Waals surface area contributed by atoms with E-state index in [-0.39, 0.29) is 5.91 Å². The normalized spacial score (nSPS) is 19.1. The van der Waals surface area contributed by atoms with Crippen LogP contribution in [0.15, 0.2) is 18.2 Å². The van der Waals surface area contributed by atoms with E-state index in [4.69, 9.17) is 27.9 Å². The van der Waals surface area contributed by atoms with Crippen molar-refractivity contribution in [1.29, 1.82) is 0 Å². The third kappa shape index (κ3) is 3.87. The van der Waals surface area contributed by atoms with Gasteiger partial charge in [0, 0.05) is 24.7 Å². The largest absolute Gasteiger partial charge is 0.381 e. The summed E-state index contributed by atoms with van der Waals surface area (Å²) < 4.78 is 5.46. The highest BCUT2D eigenvalue weighted by atomic mass is 35.5. The van der Waals surface area contributed by atoms with Crippen molar-refractivity contribution in [2.24, 2.45) is 5.92 Å². The van der Waals surface area contributed by atoms with Crippen molar-refractivity contribution in [2.45, 2.75) is 19.8 Å². The Kier molecular flexibility index (Phi) is 5.70. The number of benzene rings is 1. The quantitative estimate of drug-likeness (QED) is 0.843. The van der Waals surface area contributed by atoms with Gasteiger partial charge >= 0.3 is 0 Å². The Morgan fingerprint density at radius 3 is 2.95 bits per heavy atom. The molecule has 1 aromatic carbocycles. The van der Waals surface area contributed by atoms with Gasteiger partial charge in [-0.2, -0.15) is 0 Å². The molecule has 1 amide bonds. The molecule has 2 rings (SSSR count). The lowest BCUT2D eigenvalue weighted by molar-refractivity contribution is 0.0501. The molecule has 0 spiro atoms. The predicted octanol–water partition coefficient (Wildman–Crippen LogP) is 3.88. The smallest absolute Gasteiger partial charge is 0.255 e. The number of ether oxygens (including phenoxy) is 1. The predicted molar refractivity (Wildman–Crippen MR) is 81.6 cm³/mol. The highest BCUT2D eigenvalue weighted by molar-refractivity contribution is 6.36. The molecule has 0 N–H and O–H groups in total. The minimum atomic E-state index is -0.0205. The maximum Gasteiger partial charge on any atom is 0.255 e. The molecule has 0 radical (unpaired) electrons. The first-order valence-corrected chi connectivity index (χ1v) is 7.69. The topological polar surface area (TPSA) is 29.5 Å². The second-order valence-electron chi connectivity index (χ2n) is 5.04. The van der Waals surface area contributed by atoms with Gasteiger partial charge in [0.1, 0.15) is 0 Å². The van der Waals surface area contributed by atoms with Crippen LogP contribution < -0.4 is 0 Å². The van der Waals surface area contributed by atoms with Gasteiger partial charge in [0.05, 0.1) is 17.2 Å². The fraction of sp³-hybridized carbons (Fsp3) is 0.533. The van der Waals surface area contributed by atoms with Crippen molar-refractivity contribution in [1.82, 2.24) is 4.90 Å². The summed E-state index contributed by atoms with van der Waals surface area (Å²) in [5.41, 5.74) is 0.521. The van der Waals surface area contributed by atoms with E-state index in [0.717, 1.165) is 25.9 Å². The molecule has 1 heterocycles.